The second-order valence-electron chi connectivity index (χ2n) is 16.0. The van der Waals surface area contributed by atoms with E-state index in [4.69, 9.17) is 23.3 Å². The number of carbonyl (C=O) groups is 2. The van der Waals surface area contributed by atoms with E-state index in [1.165, 1.54) is 18.5 Å². The summed E-state index contributed by atoms with van der Waals surface area (Å²) in [5.74, 6) is -1.58. The van der Waals surface area contributed by atoms with E-state index in [-0.39, 0.29) is 65.3 Å². The fourth-order valence-corrected chi connectivity index (χ4v) is 9.62. The highest BCUT2D eigenvalue weighted by molar-refractivity contribution is 9.10. The number of amides is 1. The van der Waals surface area contributed by atoms with Crippen molar-refractivity contribution in [3.63, 3.8) is 0 Å². The normalized spacial score (nSPS) is 20.1. The SMILES string of the molecule is CC(C)[C@@H]1NC(=O)[C@@H](CC(=O)OCc2ccccc2)Cc2ccc3c(c2)C2(c4cccc(Br)c4N[C@H]2O3)c2oc1nc2-c1ncc(-c2c[nH]c3c(OS(=O)(=O)C(F)(F)F)cccc23)o1. The average molecular weight is 959 g/mol. The van der Waals surface area contributed by atoms with E-state index in [1.807, 2.05) is 80.6 Å². The van der Waals surface area contributed by atoms with E-state index >= 15 is 0 Å². The quantitative estimate of drug-likeness (QED) is 0.0709. The third-order valence-corrected chi connectivity index (χ3v) is 13.3. The number of aromatic amines is 1. The molecule has 0 saturated heterocycles. The Morgan fingerprint density at radius 3 is 2.58 bits per heavy atom. The van der Waals surface area contributed by atoms with Gasteiger partial charge in [-0.1, -0.05) is 80.6 Å². The highest BCUT2D eigenvalue weighted by Gasteiger charge is 2.61. The molecule has 3 aliphatic rings. The number of oxazole rings is 2. The molecular weight excluding hydrogens is 923 g/mol. The number of hydrogen-bond donors (Lipinski definition) is 3. The van der Waals surface area contributed by atoms with E-state index < -0.39 is 56.9 Å². The lowest BCUT2D eigenvalue weighted by Gasteiger charge is -2.28. The molecule has 6 heterocycles. The van der Waals surface area contributed by atoms with Crippen LogP contribution >= 0.6 is 15.9 Å². The molecule has 4 aromatic carbocycles. The van der Waals surface area contributed by atoms with Crippen LogP contribution in [0, 0.1) is 11.8 Å². The molecule has 1 spiro atoms. The number of H-pyrrole nitrogens is 1. The van der Waals surface area contributed by atoms with E-state index in [2.05, 4.69) is 40.7 Å². The van der Waals surface area contributed by atoms with Gasteiger partial charge in [-0.3, -0.25) is 9.59 Å². The van der Waals surface area contributed by atoms with Gasteiger partial charge in [0.05, 0.1) is 29.7 Å². The van der Waals surface area contributed by atoms with Gasteiger partial charge in [0.25, 0.3) is 0 Å². The van der Waals surface area contributed by atoms with Crippen molar-refractivity contribution in [1.82, 2.24) is 20.3 Å². The first-order valence-electron chi connectivity index (χ1n) is 20.1. The molecule has 4 atom stereocenters. The summed E-state index contributed by atoms with van der Waals surface area (Å²) >= 11 is 3.70. The molecule has 10 rings (SSSR count). The van der Waals surface area contributed by atoms with Crippen molar-refractivity contribution in [3.8, 4) is 34.4 Å². The summed E-state index contributed by atoms with van der Waals surface area (Å²) in [6, 6.07) is 23.8. The Bertz CT molecular complexity index is 3110. The summed E-state index contributed by atoms with van der Waals surface area (Å²) in [5, 5.41) is 6.93. The lowest BCUT2D eigenvalue weighted by Crippen LogP contribution is -2.40. The second kappa shape index (κ2) is 15.3. The first-order valence-corrected chi connectivity index (χ1v) is 22.3. The Kier molecular flexibility index (Phi) is 9.89. The molecular formula is C45H35BrF3N5O9S. The Morgan fingerprint density at radius 1 is 1.00 bits per heavy atom. The molecule has 19 heteroatoms. The highest BCUT2D eigenvalue weighted by atomic mass is 79.9. The molecule has 7 aromatic rings. The fourth-order valence-electron chi connectivity index (χ4n) is 8.67. The molecule has 3 N–H and O–H groups in total. The van der Waals surface area contributed by atoms with Gasteiger partial charge in [0.1, 0.15) is 23.8 Å². The smallest absolute Gasteiger partial charge is 0.469 e. The molecule has 14 nitrogen and oxygen atoms in total. The van der Waals surface area contributed by atoms with Crippen LogP contribution in [0.1, 0.15) is 60.2 Å². The Balaban J connectivity index is 1.10. The number of carbonyl (C=O) groups excluding carboxylic acids is 2. The maximum Gasteiger partial charge on any atom is 0.534 e. The molecule has 1 unspecified atom stereocenters. The number of ether oxygens (including phenoxy) is 2. The second-order valence-corrected chi connectivity index (χ2v) is 18.4. The number of nitrogens with zero attached hydrogens (tertiary/aromatic N) is 2. The van der Waals surface area contributed by atoms with Crippen LogP contribution in [0.4, 0.5) is 18.9 Å². The van der Waals surface area contributed by atoms with Crippen LogP contribution in [0.15, 0.2) is 111 Å². The maximum atomic E-state index is 14.4. The van der Waals surface area contributed by atoms with Crippen LogP contribution in [0.5, 0.6) is 11.5 Å². The first-order chi connectivity index (χ1) is 30.6. The molecule has 1 amide bonds. The van der Waals surface area contributed by atoms with E-state index in [0.29, 0.717) is 16.9 Å². The molecule has 3 aromatic heterocycles. The summed E-state index contributed by atoms with van der Waals surface area (Å²) in [6.07, 6.45) is 2.03. The summed E-state index contributed by atoms with van der Waals surface area (Å²) in [4.78, 5) is 40.2. The van der Waals surface area contributed by atoms with E-state index in [1.54, 1.807) is 6.07 Å². The third kappa shape index (κ3) is 6.79. The van der Waals surface area contributed by atoms with Gasteiger partial charge in [0.2, 0.25) is 17.7 Å². The number of alkyl halides is 3. The lowest BCUT2D eigenvalue weighted by molar-refractivity contribution is -0.148. The number of benzene rings is 4. The van der Waals surface area contributed by atoms with Gasteiger partial charge in [-0.2, -0.15) is 21.6 Å². The van der Waals surface area contributed by atoms with Crippen LogP contribution in [-0.2, 0) is 42.9 Å². The minimum atomic E-state index is -5.97. The van der Waals surface area contributed by atoms with Gasteiger partial charge in [-0.25, -0.2) is 9.97 Å². The summed E-state index contributed by atoms with van der Waals surface area (Å²) in [6.45, 7) is 3.84. The number of fused-ring (bicyclic) bond motifs is 5. The number of anilines is 1. The molecule has 4 bridgehead atoms. The van der Waals surface area contributed by atoms with Crippen molar-refractivity contribution in [2.75, 3.05) is 5.32 Å². The maximum absolute atomic E-state index is 14.4. The fraction of sp³-hybridized carbons (Fsp3) is 0.244. The van der Waals surface area contributed by atoms with Crippen molar-refractivity contribution in [2.45, 2.75) is 56.5 Å². The largest absolute Gasteiger partial charge is 0.534 e. The van der Waals surface area contributed by atoms with Crippen LogP contribution in [-0.4, -0.2) is 47.0 Å². The molecule has 0 saturated carbocycles. The lowest BCUT2D eigenvalue weighted by atomic mass is 9.72. The molecule has 0 radical (unpaired) electrons. The van der Waals surface area contributed by atoms with Gasteiger partial charge < -0.3 is 38.1 Å². The molecule has 3 aliphatic heterocycles. The van der Waals surface area contributed by atoms with E-state index in [0.717, 1.165) is 32.9 Å². The Morgan fingerprint density at radius 2 is 1.80 bits per heavy atom. The highest BCUT2D eigenvalue weighted by Crippen LogP contribution is 2.60. The molecule has 328 valence electrons. The average Bonchev–Trinajstić information content (AvgIpc) is 4.09. The number of para-hydroxylation sites is 2. The number of esters is 1. The van der Waals surface area contributed by atoms with Crippen molar-refractivity contribution in [2.24, 2.45) is 11.8 Å². The van der Waals surface area contributed by atoms with Crippen LogP contribution < -0.4 is 19.6 Å². The predicted octanol–water partition coefficient (Wildman–Crippen LogP) is 9.07. The van der Waals surface area contributed by atoms with Gasteiger partial charge in [0.15, 0.2) is 29.2 Å². The minimum absolute atomic E-state index is 0.00896. The van der Waals surface area contributed by atoms with Crippen LogP contribution in [0.2, 0.25) is 0 Å². The van der Waals surface area contributed by atoms with Crippen molar-refractivity contribution >= 4 is 54.5 Å². The topological polar surface area (TPSA) is 188 Å². The molecule has 0 aliphatic carbocycles. The monoisotopic (exact) mass is 957 g/mol. The van der Waals surface area contributed by atoms with Gasteiger partial charge in [0, 0.05) is 32.7 Å². The first kappa shape index (κ1) is 41.4. The van der Waals surface area contributed by atoms with Gasteiger partial charge in [-0.15, -0.1) is 0 Å². The van der Waals surface area contributed by atoms with Crippen molar-refractivity contribution in [3.05, 3.63) is 136 Å². The van der Waals surface area contributed by atoms with Crippen molar-refractivity contribution < 1.29 is 53.7 Å². The zero-order valence-corrected chi connectivity index (χ0v) is 36.1. The number of aromatic nitrogens is 3. The Labute approximate surface area is 370 Å². The predicted molar refractivity (Wildman–Crippen MR) is 227 cm³/mol. The number of halogens is 4. The van der Waals surface area contributed by atoms with Gasteiger partial charge in [-0.05, 0) is 57.6 Å². The van der Waals surface area contributed by atoms with Crippen LogP contribution in [0.25, 0.3) is 33.8 Å². The summed E-state index contributed by atoms with van der Waals surface area (Å²) < 4.78 is 94.6. The molecule has 0 fully saturated rings. The minimum Gasteiger partial charge on any atom is -0.469 e. The number of rotatable bonds is 9. The van der Waals surface area contributed by atoms with Crippen molar-refractivity contribution in [1.29, 1.82) is 0 Å². The number of nitrogens with one attached hydrogen (secondary N) is 3. The summed E-state index contributed by atoms with van der Waals surface area (Å²) in [7, 11) is -5.97. The third-order valence-electron chi connectivity index (χ3n) is 11.7. The number of hydrogen-bond acceptors (Lipinski definition) is 12. The molecule has 64 heavy (non-hydrogen) atoms. The van der Waals surface area contributed by atoms with E-state index in [9.17, 15) is 31.2 Å². The zero-order valence-electron chi connectivity index (χ0n) is 33.7. The van der Waals surface area contributed by atoms with Gasteiger partial charge >= 0.3 is 21.6 Å². The van der Waals surface area contributed by atoms with Crippen LogP contribution in [0.3, 0.4) is 0 Å². The zero-order chi connectivity index (χ0) is 44.7. The summed E-state index contributed by atoms with van der Waals surface area (Å²) in [5.41, 5.74) is -2.65. The standard InChI is InChI=1S/C45H35BrF3N5O9S/c1-22(2)35-42-53-38(41-51-20-33(60-41)27-19-50-36-26(27)10-6-13-32(36)63-64(57,58)45(47,48)49)39(62-42)44-28-11-7-12-30(46)37(28)54-43(44)61-31-15-14-24(17-29(31)44)16-25(40(56)52-35)18-34(55)59-21-23-8-4-3-5-9-23/h3-15,17,19-20,22,25,35,43,50,54H,16,18,21H2,1-2H3,(H,52,56)/t25-,35+,43+,44?/m1/s1. The Hall–Kier alpha value is -6.60.